The summed E-state index contributed by atoms with van der Waals surface area (Å²) in [6, 6.07) is 4.91. The Bertz CT molecular complexity index is 458. The number of hydrogen-bond acceptors (Lipinski definition) is 5. The molecule has 0 bridgehead atoms. The molecule has 1 aromatic rings. The summed E-state index contributed by atoms with van der Waals surface area (Å²) in [6.07, 6.45) is 2.24. The Morgan fingerprint density at radius 1 is 1.50 bits per heavy atom. The van der Waals surface area contributed by atoms with Crippen LogP contribution < -0.4 is 10.1 Å². The quantitative estimate of drug-likeness (QED) is 0.470. The van der Waals surface area contributed by atoms with Crippen molar-refractivity contribution < 1.29 is 14.4 Å². The molecule has 0 aromatic heterocycles. The second-order valence-electron chi connectivity index (χ2n) is 4.96. The van der Waals surface area contributed by atoms with Gasteiger partial charge < -0.3 is 14.8 Å². The van der Waals surface area contributed by atoms with Crippen molar-refractivity contribution in [1.82, 2.24) is 5.32 Å². The number of rotatable bonds is 7. The van der Waals surface area contributed by atoms with Crippen LogP contribution in [0.4, 0.5) is 5.69 Å². The van der Waals surface area contributed by atoms with Crippen LogP contribution in [0.2, 0.25) is 0 Å². The summed E-state index contributed by atoms with van der Waals surface area (Å²) >= 11 is 0. The lowest BCUT2D eigenvalue weighted by Gasteiger charge is -2.09. The SMILES string of the molecule is COc1ccc(COCCC2CCNC2)cc1[N+](=O)[O-]. The summed E-state index contributed by atoms with van der Waals surface area (Å²) in [6.45, 7) is 3.24. The molecule has 1 fully saturated rings. The smallest absolute Gasteiger partial charge is 0.311 e. The van der Waals surface area contributed by atoms with Crippen LogP contribution >= 0.6 is 0 Å². The summed E-state index contributed by atoms with van der Waals surface area (Å²) in [5.74, 6) is 0.969. The van der Waals surface area contributed by atoms with Crippen LogP contribution in [0.25, 0.3) is 0 Å². The molecule has 6 nitrogen and oxygen atoms in total. The van der Waals surface area contributed by atoms with Gasteiger partial charge in [-0.25, -0.2) is 0 Å². The average Bonchev–Trinajstić information content (AvgIpc) is 2.96. The molecule has 1 heterocycles. The van der Waals surface area contributed by atoms with E-state index >= 15 is 0 Å². The van der Waals surface area contributed by atoms with E-state index in [2.05, 4.69) is 5.32 Å². The maximum atomic E-state index is 10.9. The van der Waals surface area contributed by atoms with E-state index in [0.717, 1.165) is 25.1 Å². The molecule has 1 saturated heterocycles. The van der Waals surface area contributed by atoms with Crippen molar-refractivity contribution in [2.24, 2.45) is 5.92 Å². The van der Waals surface area contributed by atoms with Gasteiger partial charge >= 0.3 is 5.69 Å². The molecule has 0 spiro atoms. The summed E-state index contributed by atoms with van der Waals surface area (Å²) in [5.41, 5.74) is 0.774. The Hall–Kier alpha value is -1.66. The van der Waals surface area contributed by atoms with Crippen molar-refractivity contribution >= 4 is 5.69 Å². The van der Waals surface area contributed by atoms with E-state index in [9.17, 15) is 10.1 Å². The molecule has 2 rings (SSSR count). The van der Waals surface area contributed by atoms with Gasteiger partial charge in [0.15, 0.2) is 5.75 Å². The van der Waals surface area contributed by atoms with Gasteiger partial charge in [-0.05, 0) is 43.5 Å². The molecule has 1 N–H and O–H groups in total. The van der Waals surface area contributed by atoms with Crippen molar-refractivity contribution in [3.63, 3.8) is 0 Å². The zero-order valence-corrected chi connectivity index (χ0v) is 11.6. The lowest BCUT2D eigenvalue weighted by atomic mass is 10.1. The van der Waals surface area contributed by atoms with Crippen LogP contribution in [0.1, 0.15) is 18.4 Å². The van der Waals surface area contributed by atoms with Gasteiger partial charge in [0.1, 0.15) is 0 Å². The van der Waals surface area contributed by atoms with Gasteiger partial charge in [-0.15, -0.1) is 0 Å². The number of nitro groups is 1. The van der Waals surface area contributed by atoms with Gasteiger partial charge in [-0.1, -0.05) is 6.07 Å². The normalized spacial score (nSPS) is 18.1. The third-order valence-corrected chi connectivity index (χ3v) is 3.54. The highest BCUT2D eigenvalue weighted by Gasteiger charge is 2.16. The number of hydrogen-bond donors (Lipinski definition) is 1. The molecule has 20 heavy (non-hydrogen) atoms. The number of nitro benzene ring substituents is 1. The molecule has 1 aliphatic rings. The highest BCUT2D eigenvalue weighted by atomic mass is 16.6. The first kappa shape index (κ1) is 14.7. The van der Waals surface area contributed by atoms with Crippen LogP contribution in [-0.4, -0.2) is 31.7 Å². The Kier molecular flexibility index (Phi) is 5.31. The first-order chi connectivity index (χ1) is 9.70. The predicted octanol–water partition coefficient (Wildman–Crippen LogP) is 2.12. The molecule has 110 valence electrons. The summed E-state index contributed by atoms with van der Waals surface area (Å²) < 4.78 is 10.6. The predicted molar refractivity (Wildman–Crippen MR) is 74.9 cm³/mol. The van der Waals surface area contributed by atoms with Gasteiger partial charge in [0, 0.05) is 12.7 Å². The van der Waals surface area contributed by atoms with Gasteiger partial charge in [-0.3, -0.25) is 10.1 Å². The van der Waals surface area contributed by atoms with E-state index in [0.29, 0.717) is 19.1 Å². The van der Waals surface area contributed by atoms with E-state index in [4.69, 9.17) is 9.47 Å². The van der Waals surface area contributed by atoms with Crippen molar-refractivity contribution in [3.8, 4) is 5.75 Å². The molecule has 1 aliphatic heterocycles. The van der Waals surface area contributed by atoms with Crippen LogP contribution in [0.5, 0.6) is 5.75 Å². The topological polar surface area (TPSA) is 73.6 Å². The van der Waals surface area contributed by atoms with Crippen LogP contribution in [0, 0.1) is 16.0 Å². The van der Waals surface area contributed by atoms with E-state index < -0.39 is 4.92 Å². The first-order valence-electron chi connectivity index (χ1n) is 6.80. The molecule has 0 aliphatic carbocycles. The maximum absolute atomic E-state index is 10.9. The Morgan fingerprint density at radius 3 is 3.00 bits per heavy atom. The van der Waals surface area contributed by atoms with Gasteiger partial charge in [0.2, 0.25) is 0 Å². The molecular weight excluding hydrogens is 260 g/mol. The number of methoxy groups -OCH3 is 1. The van der Waals surface area contributed by atoms with Crippen LogP contribution in [0.3, 0.4) is 0 Å². The number of nitrogens with one attached hydrogen (secondary N) is 1. The highest BCUT2D eigenvalue weighted by molar-refractivity contribution is 5.48. The number of nitrogens with zero attached hydrogens (tertiary/aromatic N) is 1. The molecule has 6 heteroatoms. The van der Waals surface area contributed by atoms with E-state index in [-0.39, 0.29) is 11.4 Å². The van der Waals surface area contributed by atoms with Crippen molar-refractivity contribution in [1.29, 1.82) is 0 Å². The fraction of sp³-hybridized carbons (Fsp3) is 0.571. The van der Waals surface area contributed by atoms with E-state index in [1.54, 1.807) is 12.1 Å². The largest absolute Gasteiger partial charge is 0.490 e. The highest BCUT2D eigenvalue weighted by Crippen LogP contribution is 2.27. The minimum atomic E-state index is -0.438. The minimum absolute atomic E-state index is 0.0198. The molecule has 1 atom stereocenters. The zero-order chi connectivity index (χ0) is 14.4. The third-order valence-electron chi connectivity index (χ3n) is 3.54. The molecule has 0 amide bonds. The van der Waals surface area contributed by atoms with Crippen molar-refractivity contribution in [3.05, 3.63) is 33.9 Å². The van der Waals surface area contributed by atoms with Crippen LogP contribution in [-0.2, 0) is 11.3 Å². The third kappa shape index (κ3) is 3.91. The second-order valence-corrected chi connectivity index (χ2v) is 4.96. The number of benzene rings is 1. The van der Waals surface area contributed by atoms with Crippen molar-refractivity contribution in [2.75, 3.05) is 26.8 Å². The average molecular weight is 280 g/mol. The van der Waals surface area contributed by atoms with Crippen molar-refractivity contribution in [2.45, 2.75) is 19.4 Å². The molecule has 0 radical (unpaired) electrons. The fourth-order valence-electron chi connectivity index (χ4n) is 2.37. The van der Waals surface area contributed by atoms with E-state index in [1.165, 1.54) is 19.6 Å². The van der Waals surface area contributed by atoms with Gasteiger partial charge in [-0.2, -0.15) is 0 Å². The Morgan fingerprint density at radius 2 is 2.35 bits per heavy atom. The summed E-state index contributed by atoms with van der Waals surface area (Å²) in [5, 5.41) is 14.2. The molecule has 1 aromatic carbocycles. The maximum Gasteiger partial charge on any atom is 0.311 e. The summed E-state index contributed by atoms with van der Waals surface area (Å²) in [7, 11) is 1.42. The lowest BCUT2D eigenvalue weighted by Crippen LogP contribution is -2.10. The molecule has 1 unspecified atom stereocenters. The number of ether oxygens (including phenoxy) is 2. The molecule has 0 saturated carbocycles. The Labute approximate surface area is 118 Å². The van der Waals surface area contributed by atoms with Crippen LogP contribution in [0.15, 0.2) is 18.2 Å². The lowest BCUT2D eigenvalue weighted by molar-refractivity contribution is -0.385. The second kappa shape index (κ2) is 7.21. The monoisotopic (exact) mass is 280 g/mol. The standard InChI is InChI=1S/C14H20N2O4/c1-19-14-3-2-12(8-13(14)16(17)18)10-20-7-5-11-4-6-15-9-11/h2-3,8,11,15H,4-7,9-10H2,1H3. The van der Waals surface area contributed by atoms with Gasteiger partial charge in [0.05, 0.1) is 18.6 Å². The Balaban J connectivity index is 1.83. The minimum Gasteiger partial charge on any atom is -0.490 e. The van der Waals surface area contributed by atoms with Gasteiger partial charge in [0.25, 0.3) is 0 Å². The molecular formula is C14H20N2O4. The fourth-order valence-corrected chi connectivity index (χ4v) is 2.37. The zero-order valence-electron chi connectivity index (χ0n) is 11.6. The van der Waals surface area contributed by atoms with E-state index in [1.807, 2.05) is 0 Å². The first-order valence-corrected chi connectivity index (χ1v) is 6.80. The summed E-state index contributed by atoms with van der Waals surface area (Å²) in [4.78, 5) is 10.5.